The van der Waals surface area contributed by atoms with Crippen LogP contribution >= 0.6 is 23.4 Å². The summed E-state index contributed by atoms with van der Waals surface area (Å²) in [6, 6.07) is 11.6. The molecule has 0 saturated carbocycles. The minimum Gasteiger partial charge on any atom is -0.336 e. The van der Waals surface area contributed by atoms with Gasteiger partial charge in [-0.15, -0.1) is 11.8 Å². The largest absolute Gasteiger partial charge is 0.418 e. The van der Waals surface area contributed by atoms with Crippen LogP contribution < -0.4 is 5.32 Å². The predicted octanol–water partition coefficient (Wildman–Crippen LogP) is 4.55. The Kier molecular flexibility index (Phi) is 7.15. The van der Waals surface area contributed by atoms with E-state index in [9.17, 15) is 22.8 Å². The lowest BCUT2D eigenvalue weighted by Gasteiger charge is -2.18. The molecule has 4 nitrogen and oxygen atoms in total. The van der Waals surface area contributed by atoms with Crippen LogP contribution in [0.1, 0.15) is 5.56 Å². The number of nitrogens with zero attached hydrogens (tertiary/aromatic N) is 1. The first kappa shape index (κ1) is 21.1. The minimum atomic E-state index is -4.58. The number of para-hydroxylation sites is 1. The van der Waals surface area contributed by atoms with Crippen LogP contribution in [0.3, 0.4) is 0 Å². The molecular weight excluding hydrogens is 401 g/mol. The van der Waals surface area contributed by atoms with E-state index in [0.717, 1.165) is 15.9 Å². The molecule has 0 saturated heterocycles. The molecule has 0 aliphatic rings. The van der Waals surface area contributed by atoms with Gasteiger partial charge in [-0.3, -0.25) is 9.59 Å². The molecule has 0 spiro atoms. The molecule has 0 radical (unpaired) electrons. The third-order valence-corrected chi connectivity index (χ3v) is 4.74. The van der Waals surface area contributed by atoms with Gasteiger partial charge in [0.15, 0.2) is 0 Å². The number of halogens is 4. The van der Waals surface area contributed by atoms with Crippen LogP contribution in [0.5, 0.6) is 0 Å². The lowest BCUT2D eigenvalue weighted by atomic mass is 10.1. The fraction of sp³-hybridized carbons (Fsp3) is 0.222. The average molecular weight is 417 g/mol. The molecule has 2 amide bonds. The zero-order valence-corrected chi connectivity index (χ0v) is 15.8. The summed E-state index contributed by atoms with van der Waals surface area (Å²) in [5.41, 5.74) is -1.28. The summed E-state index contributed by atoms with van der Waals surface area (Å²) in [4.78, 5) is 26.1. The van der Waals surface area contributed by atoms with Crippen molar-refractivity contribution >= 4 is 40.9 Å². The number of anilines is 1. The number of carbonyl (C=O) groups excluding carboxylic acids is 2. The maximum atomic E-state index is 12.9. The maximum Gasteiger partial charge on any atom is 0.418 e. The molecule has 0 aliphatic heterocycles. The number of benzene rings is 2. The van der Waals surface area contributed by atoms with Crippen molar-refractivity contribution in [1.29, 1.82) is 0 Å². The van der Waals surface area contributed by atoms with Crippen LogP contribution in [0.25, 0.3) is 0 Å². The Balaban J connectivity index is 1.90. The Morgan fingerprint density at radius 1 is 1.11 bits per heavy atom. The number of carbonyl (C=O) groups is 2. The molecule has 9 heteroatoms. The first-order valence-corrected chi connectivity index (χ1v) is 9.11. The number of likely N-dealkylation sites (N-methyl/N-ethyl adjacent to an activating group) is 1. The number of alkyl halides is 3. The van der Waals surface area contributed by atoms with Gasteiger partial charge in [0, 0.05) is 17.0 Å². The summed E-state index contributed by atoms with van der Waals surface area (Å²) in [5, 5.41) is 2.79. The number of rotatable bonds is 6. The van der Waals surface area contributed by atoms with Crippen LogP contribution in [0.4, 0.5) is 18.9 Å². The topological polar surface area (TPSA) is 49.4 Å². The van der Waals surface area contributed by atoms with E-state index >= 15 is 0 Å². The molecular formula is C18H16ClF3N2O2S. The highest BCUT2D eigenvalue weighted by molar-refractivity contribution is 8.00. The zero-order chi connectivity index (χ0) is 20.0. The molecule has 0 bridgehead atoms. The lowest BCUT2D eigenvalue weighted by molar-refractivity contribution is -0.137. The van der Waals surface area contributed by atoms with Crippen molar-refractivity contribution in [1.82, 2.24) is 4.90 Å². The van der Waals surface area contributed by atoms with Crippen LogP contribution in [0.2, 0.25) is 5.02 Å². The van der Waals surface area contributed by atoms with Gasteiger partial charge in [-0.2, -0.15) is 13.2 Å². The number of nitrogens with one attached hydrogen (secondary N) is 1. The number of hydrogen-bond acceptors (Lipinski definition) is 3. The Morgan fingerprint density at radius 2 is 1.74 bits per heavy atom. The van der Waals surface area contributed by atoms with Gasteiger partial charge in [0.2, 0.25) is 11.8 Å². The van der Waals surface area contributed by atoms with Gasteiger partial charge in [0.25, 0.3) is 0 Å². The monoisotopic (exact) mass is 416 g/mol. The Bertz CT molecular complexity index is 813. The average Bonchev–Trinajstić information content (AvgIpc) is 2.60. The van der Waals surface area contributed by atoms with Gasteiger partial charge >= 0.3 is 6.18 Å². The first-order chi connectivity index (χ1) is 12.7. The van der Waals surface area contributed by atoms with Crippen molar-refractivity contribution < 1.29 is 22.8 Å². The van der Waals surface area contributed by atoms with E-state index in [1.807, 2.05) is 0 Å². The van der Waals surface area contributed by atoms with E-state index in [-0.39, 0.29) is 23.9 Å². The van der Waals surface area contributed by atoms with Gasteiger partial charge in [-0.05, 0) is 36.4 Å². The van der Waals surface area contributed by atoms with E-state index in [0.29, 0.717) is 5.02 Å². The fourth-order valence-electron chi connectivity index (χ4n) is 2.12. The molecule has 27 heavy (non-hydrogen) atoms. The smallest absolute Gasteiger partial charge is 0.336 e. The van der Waals surface area contributed by atoms with Crippen molar-refractivity contribution in [3.05, 3.63) is 59.1 Å². The Morgan fingerprint density at radius 3 is 2.37 bits per heavy atom. The normalized spacial score (nSPS) is 11.1. The van der Waals surface area contributed by atoms with Crippen molar-refractivity contribution in [3.8, 4) is 0 Å². The Labute approximate surface area is 163 Å². The van der Waals surface area contributed by atoms with Crippen LogP contribution in [0.15, 0.2) is 53.4 Å². The summed E-state index contributed by atoms with van der Waals surface area (Å²) in [7, 11) is 1.42. The second-order valence-electron chi connectivity index (χ2n) is 5.58. The molecule has 144 valence electrons. The molecule has 2 rings (SSSR count). The van der Waals surface area contributed by atoms with E-state index in [2.05, 4.69) is 5.32 Å². The molecule has 2 aromatic carbocycles. The summed E-state index contributed by atoms with van der Waals surface area (Å²) >= 11 is 7.06. The Hall–Kier alpha value is -2.19. The van der Waals surface area contributed by atoms with Gasteiger partial charge in [0.05, 0.1) is 23.5 Å². The second-order valence-corrected chi connectivity index (χ2v) is 7.07. The third kappa shape index (κ3) is 6.48. The number of amides is 2. The summed E-state index contributed by atoms with van der Waals surface area (Å²) in [5.74, 6) is -0.946. The molecule has 0 aliphatic carbocycles. The number of hydrogen-bond donors (Lipinski definition) is 1. The van der Waals surface area contributed by atoms with Gasteiger partial charge in [-0.1, -0.05) is 23.7 Å². The highest BCUT2D eigenvalue weighted by Gasteiger charge is 2.33. The molecule has 0 atom stereocenters. The summed E-state index contributed by atoms with van der Waals surface area (Å²) in [6.45, 7) is -0.355. The van der Waals surface area contributed by atoms with Gasteiger partial charge in [0.1, 0.15) is 0 Å². The van der Waals surface area contributed by atoms with Crippen molar-refractivity contribution in [2.24, 2.45) is 0 Å². The highest BCUT2D eigenvalue weighted by Crippen LogP contribution is 2.34. The quantitative estimate of drug-likeness (QED) is 0.703. The fourth-order valence-corrected chi connectivity index (χ4v) is 3.08. The second kappa shape index (κ2) is 9.14. The van der Waals surface area contributed by atoms with Crippen molar-refractivity contribution in [2.45, 2.75) is 11.1 Å². The molecule has 2 aromatic rings. The molecule has 0 unspecified atom stereocenters. The predicted molar refractivity (Wildman–Crippen MR) is 99.9 cm³/mol. The third-order valence-electron chi connectivity index (χ3n) is 3.49. The van der Waals surface area contributed by atoms with E-state index < -0.39 is 17.6 Å². The van der Waals surface area contributed by atoms with E-state index in [1.54, 1.807) is 24.3 Å². The molecule has 0 fully saturated rings. The van der Waals surface area contributed by atoms with Gasteiger partial charge < -0.3 is 10.2 Å². The SMILES string of the molecule is CN(CC(=O)Nc1ccccc1C(F)(F)F)C(=O)CSc1ccc(Cl)cc1. The molecule has 1 N–H and O–H groups in total. The summed E-state index contributed by atoms with van der Waals surface area (Å²) in [6.07, 6.45) is -4.58. The zero-order valence-electron chi connectivity index (χ0n) is 14.2. The molecule has 0 aromatic heterocycles. The summed E-state index contributed by atoms with van der Waals surface area (Å²) < 4.78 is 38.8. The van der Waals surface area contributed by atoms with Crippen molar-refractivity contribution in [2.75, 3.05) is 24.7 Å². The van der Waals surface area contributed by atoms with E-state index in [4.69, 9.17) is 11.6 Å². The maximum absolute atomic E-state index is 12.9. The van der Waals surface area contributed by atoms with E-state index in [1.165, 1.54) is 37.0 Å². The van der Waals surface area contributed by atoms with Crippen LogP contribution in [-0.2, 0) is 15.8 Å². The molecule has 0 heterocycles. The standard InChI is InChI=1S/C18H16ClF3N2O2S/c1-24(17(26)11-27-13-8-6-12(19)7-9-13)10-16(25)23-15-5-3-2-4-14(15)18(20,21)22/h2-9H,10-11H2,1H3,(H,23,25). The van der Waals surface area contributed by atoms with Crippen molar-refractivity contribution in [3.63, 3.8) is 0 Å². The number of thioether (sulfide) groups is 1. The highest BCUT2D eigenvalue weighted by atomic mass is 35.5. The first-order valence-electron chi connectivity index (χ1n) is 7.75. The minimum absolute atomic E-state index is 0.0878. The van der Waals surface area contributed by atoms with Crippen LogP contribution in [0, 0.1) is 0 Å². The van der Waals surface area contributed by atoms with Gasteiger partial charge in [-0.25, -0.2) is 0 Å². The van der Waals surface area contributed by atoms with Crippen LogP contribution in [-0.4, -0.2) is 36.1 Å². The lowest BCUT2D eigenvalue weighted by Crippen LogP contribution is -2.36.